The zero-order valence-electron chi connectivity index (χ0n) is 10.1. The van der Waals surface area contributed by atoms with Crippen molar-refractivity contribution < 1.29 is 18.6 Å². The van der Waals surface area contributed by atoms with Gasteiger partial charge >= 0.3 is 0 Å². The third-order valence-corrected chi connectivity index (χ3v) is 3.17. The van der Waals surface area contributed by atoms with Crippen molar-refractivity contribution in [2.75, 3.05) is 0 Å². The summed E-state index contributed by atoms with van der Waals surface area (Å²) in [5.41, 5.74) is 0.808. The third kappa shape index (κ3) is 2.60. The molecule has 0 saturated carbocycles. The van der Waals surface area contributed by atoms with Crippen molar-refractivity contribution in [1.29, 1.82) is 0 Å². The highest BCUT2D eigenvalue weighted by Crippen LogP contribution is 2.37. The molecular weight excluding hydrogens is 238 g/mol. The highest BCUT2D eigenvalue weighted by atomic mass is 19.3. The van der Waals surface area contributed by atoms with Crippen LogP contribution in [0.1, 0.15) is 12.5 Å². The molecule has 0 fully saturated rings. The molecule has 1 aliphatic rings. The van der Waals surface area contributed by atoms with Crippen LogP contribution in [0.2, 0.25) is 0 Å². The van der Waals surface area contributed by atoms with Crippen LogP contribution in [0.4, 0.5) is 8.78 Å². The molecule has 0 amide bonds. The molecule has 0 aliphatic heterocycles. The predicted molar refractivity (Wildman–Crippen MR) is 64.3 cm³/mol. The van der Waals surface area contributed by atoms with Gasteiger partial charge in [-0.05, 0) is 5.56 Å². The maximum atomic E-state index is 13.9. The van der Waals surface area contributed by atoms with Crippen LogP contribution in [0.3, 0.4) is 0 Å². The van der Waals surface area contributed by atoms with Gasteiger partial charge in [-0.2, -0.15) is 0 Å². The number of aliphatic hydroxyl groups is 1. The van der Waals surface area contributed by atoms with Crippen molar-refractivity contribution in [2.45, 2.75) is 31.7 Å². The molecule has 3 atom stereocenters. The number of ether oxygens (including phenoxy) is 1. The van der Waals surface area contributed by atoms with Gasteiger partial charge in [-0.15, -0.1) is 0 Å². The van der Waals surface area contributed by atoms with E-state index in [0.29, 0.717) is 0 Å². The minimum Gasteiger partial charge on any atom is -0.386 e. The Morgan fingerprint density at radius 1 is 1.22 bits per heavy atom. The average Bonchev–Trinajstić information content (AvgIpc) is 2.35. The summed E-state index contributed by atoms with van der Waals surface area (Å²) in [4.78, 5) is 0. The molecule has 0 heterocycles. The van der Waals surface area contributed by atoms with Gasteiger partial charge in [-0.3, -0.25) is 0 Å². The predicted octanol–water partition coefficient (Wildman–Crippen LogP) is 2.77. The Morgan fingerprint density at radius 3 is 2.56 bits per heavy atom. The molecule has 0 radical (unpaired) electrons. The van der Waals surface area contributed by atoms with Crippen LogP contribution in [0, 0.1) is 5.92 Å². The fourth-order valence-corrected chi connectivity index (χ4v) is 1.97. The summed E-state index contributed by atoms with van der Waals surface area (Å²) in [6.45, 7) is 1.49. The second-order valence-corrected chi connectivity index (χ2v) is 4.56. The first-order valence-corrected chi connectivity index (χ1v) is 5.91. The summed E-state index contributed by atoms with van der Waals surface area (Å²) in [7, 11) is 0. The first kappa shape index (κ1) is 13.2. The lowest BCUT2D eigenvalue weighted by Gasteiger charge is -2.35. The maximum Gasteiger partial charge on any atom is 0.282 e. The Morgan fingerprint density at radius 2 is 1.89 bits per heavy atom. The molecule has 1 aromatic carbocycles. The van der Waals surface area contributed by atoms with Gasteiger partial charge in [0.1, 0.15) is 6.10 Å². The molecule has 0 aromatic heterocycles. The first-order valence-electron chi connectivity index (χ1n) is 5.91. The van der Waals surface area contributed by atoms with Crippen LogP contribution in [0.15, 0.2) is 42.5 Å². The van der Waals surface area contributed by atoms with Gasteiger partial charge in [0.25, 0.3) is 5.92 Å². The Labute approximate surface area is 105 Å². The zero-order chi connectivity index (χ0) is 13.2. The lowest BCUT2D eigenvalue weighted by Crippen LogP contribution is -2.50. The smallest absolute Gasteiger partial charge is 0.282 e. The topological polar surface area (TPSA) is 29.5 Å². The van der Waals surface area contributed by atoms with Crippen LogP contribution >= 0.6 is 0 Å². The Kier molecular flexibility index (Phi) is 3.78. The Balaban J connectivity index is 2.06. The Bertz CT molecular complexity index is 417. The maximum absolute atomic E-state index is 13.9. The summed E-state index contributed by atoms with van der Waals surface area (Å²) >= 11 is 0. The molecule has 1 N–H and O–H groups in total. The molecule has 0 bridgehead atoms. The average molecular weight is 254 g/mol. The summed E-state index contributed by atoms with van der Waals surface area (Å²) in [6, 6.07) is 9.07. The van der Waals surface area contributed by atoms with Gasteiger partial charge in [0, 0.05) is 5.92 Å². The normalized spacial score (nSPS) is 30.3. The lowest BCUT2D eigenvalue weighted by atomic mass is 9.89. The van der Waals surface area contributed by atoms with Crippen molar-refractivity contribution in [3.63, 3.8) is 0 Å². The largest absolute Gasteiger partial charge is 0.386 e. The van der Waals surface area contributed by atoms with Crippen molar-refractivity contribution in [1.82, 2.24) is 0 Å². The molecule has 0 spiro atoms. The summed E-state index contributed by atoms with van der Waals surface area (Å²) in [5, 5.41) is 9.61. The molecular formula is C14H16F2O2. The first-order chi connectivity index (χ1) is 8.51. The van der Waals surface area contributed by atoms with E-state index in [1.807, 2.05) is 18.2 Å². The van der Waals surface area contributed by atoms with E-state index in [2.05, 4.69) is 0 Å². The molecule has 4 heteroatoms. The quantitative estimate of drug-likeness (QED) is 0.840. The van der Waals surface area contributed by atoms with Crippen LogP contribution < -0.4 is 0 Å². The number of hydrogen-bond acceptors (Lipinski definition) is 2. The number of halogens is 2. The Hall–Kier alpha value is -1.26. The van der Waals surface area contributed by atoms with Gasteiger partial charge in [0.15, 0.2) is 6.10 Å². The molecule has 1 aromatic rings. The number of allylic oxidation sites excluding steroid dienone is 1. The summed E-state index contributed by atoms with van der Waals surface area (Å²) < 4.78 is 33.0. The van der Waals surface area contributed by atoms with Crippen molar-refractivity contribution >= 4 is 0 Å². The summed E-state index contributed by atoms with van der Waals surface area (Å²) in [6.07, 6.45) is -0.0530. The van der Waals surface area contributed by atoms with Crippen molar-refractivity contribution in [3.8, 4) is 0 Å². The SMILES string of the molecule is C[C@H]1C=C[C@H](O)[C@H](OCc2ccccc2)C1(F)F. The molecule has 2 rings (SSSR count). The molecule has 2 nitrogen and oxygen atoms in total. The van der Waals surface area contributed by atoms with Crippen molar-refractivity contribution in [3.05, 3.63) is 48.0 Å². The van der Waals surface area contributed by atoms with Crippen molar-refractivity contribution in [2.24, 2.45) is 5.92 Å². The highest BCUT2D eigenvalue weighted by Gasteiger charge is 2.50. The monoisotopic (exact) mass is 254 g/mol. The number of benzene rings is 1. The van der Waals surface area contributed by atoms with E-state index in [4.69, 9.17) is 4.74 Å². The van der Waals surface area contributed by atoms with Crippen LogP contribution in [0.25, 0.3) is 0 Å². The van der Waals surface area contributed by atoms with Crippen LogP contribution in [-0.2, 0) is 11.3 Å². The van der Waals surface area contributed by atoms with E-state index in [1.165, 1.54) is 19.1 Å². The second-order valence-electron chi connectivity index (χ2n) is 4.56. The van der Waals surface area contributed by atoms with Gasteiger partial charge in [-0.25, -0.2) is 8.78 Å². The molecule has 0 saturated heterocycles. The molecule has 98 valence electrons. The van der Waals surface area contributed by atoms with Gasteiger partial charge in [0.2, 0.25) is 0 Å². The fraction of sp³-hybridized carbons (Fsp3) is 0.429. The van der Waals surface area contributed by atoms with Gasteiger partial charge in [0.05, 0.1) is 6.61 Å². The van der Waals surface area contributed by atoms with E-state index in [0.717, 1.165) is 5.56 Å². The lowest BCUT2D eigenvalue weighted by molar-refractivity contribution is -0.194. The zero-order valence-corrected chi connectivity index (χ0v) is 10.1. The fourth-order valence-electron chi connectivity index (χ4n) is 1.97. The number of rotatable bonds is 3. The van der Waals surface area contributed by atoms with Gasteiger partial charge in [-0.1, -0.05) is 49.4 Å². The molecule has 0 unspecified atom stereocenters. The third-order valence-electron chi connectivity index (χ3n) is 3.17. The summed E-state index contributed by atoms with van der Waals surface area (Å²) in [5.74, 6) is -3.98. The van der Waals surface area contributed by atoms with Crippen LogP contribution in [-0.4, -0.2) is 23.2 Å². The van der Waals surface area contributed by atoms with E-state index < -0.39 is 24.0 Å². The van der Waals surface area contributed by atoms with E-state index in [9.17, 15) is 13.9 Å². The number of aliphatic hydroxyl groups excluding tert-OH is 1. The number of alkyl halides is 2. The highest BCUT2D eigenvalue weighted by molar-refractivity contribution is 5.14. The van der Waals surface area contributed by atoms with Crippen LogP contribution in [0.5, 0.6) is 0 Å². The molecule has 1 aliphatic carbocycles. The van der Waals surface area contributed by atoms with E-state index in [-0.39, 0.29) is 6.61 Å². The number of hydrogen-bond donors (Lipinski definition) is 1. The minimum atomic E-state index is -3.05. The second kappa shape index (κ2) is 5.16. The van der Waals surface area contributed by atoms with E-state index in [1.54, 1.807) is 12.1 Å². The molecule has 18 heavy (non-hydrogen) atoms. The van der Waals surface area contributed by atoms with Gasteiger partial charge < -0.3 is 9.84 Å². The minimum absolute atomic E-state index is 0.0682. The standard InChI is InChI=1S/C14H16F2O2/c1-10-7-8-12(17)13(14(10,15)16)18-9-11-5-3-2-4-6-11/h2-8,10,12-13,17H,9H2,1H3/t10-,12-,13-/m0/s1. The van der Waals surface area contributed by atoms with E-state index >= 15 is 0 Å².